The van der Waals surface area contributed by atoms with Gasteiger partial charge in [0.05, 0.1) is 5.56 Å². The molecule has 3 rings (SSSR count). The highest BCUT2D eigenvalue weighted by Crippen LogP contribution is 2.33. The van der Waals surface area contributed by atoms with Gasteiger partial charge in [-0.3, -0.25) is 4.79 Å². The van der Waals surface area contributed by atoms with Crippen LogP contribution in [0.25, 0.3) is 0 Å². The highest BCUT2D eigenvalue weighted by Gasteiger charge is 2.30. The van der Waals surface area contributed by atoms with Crippen LogP contribution in [0, 0.1) is 0 Å². The lowest BCUT2D eigenvalue weighted by Gasteiger charge is -2.18. The molecule has 0 aromatic heterocycles. The van der Waals surface area contributed by atoms with E-state index in [1.54, 1.807) is 19.2 Å². The van der Waals surface area contributed by atoms with Crippen molar-refractivity contribution in [2.24, 2.45) is 0 Å². The molecule has 1 aliphatic rings. The fourth-order valence-corrected chi connectivity index (χ4v) is 2.42. The molecule has 138 valence electrons. The minimum atomic E-state index is -4.46. The summed E-state index contributed by atoms with van der Waals surface area (Å²) in [7, 11) is 1.59. The van der Waals surface area contributed by atoms with Crippen LogP contribution in [0.3, 0.4) is 0 Å². The largest absolute Gasteiger partial charge is 0.484 e. The van der Waals surface area contributed by atoms with Gasteiger partial charge in [0, 0.05) is 13.6 Å². The first-order valence-corrected chi connectivity index (χ1v) is 7.75. The van der Waals surface area contributed by atoms with Crippen molar-refractivity contribution in [3.8, 4) is 17.2 Å². The van der Waals surface area contributed by atoms with Crippen LogP contribution >= 0.6 is 0 Å². The number of benzene rings is 2. The number of carbonyl (C=O) groups is 1. The smallest absolute Gasteiger partial charge is 0.416 e. The normalized spacial score (nSPS) is 12.8. The zero-order valence-corrected chi connectivity index (χ0v) is 13.9. The van der Waals surface area contributed by atoms with Gasteiger partial charge in [-0.05, 0) is 35.9 Å². The first kappa shape index (κ1) is 17.9. The minimum Gasteiger partial charge on any atom is -0.484 e. The van der Waals surface area contributed by atoms with E-state index in [2.05, 4.69) is 0 Å². The molecule has 1 aliphatic heterocycles. The Kier molecular flexibility index (Phi) is 4.92. The van der Waals surface area contributed by atoms with Crippen molar-refractivity contribution < 1.29 is 32.2 Å². The molecule has 2 aromatic carbocycles. The van der Waals surface area contributed by atoms with Crippen molar-refractivity contribution in [3.63, 3.8) is 0 Å². The summed E-state index contributed by atoms with van der Waals surface area (Å²) < 4.78 is 53.8. The fourth-order valence-electron chi connectivity index (χ4n) is 2.42. The van der Waals surface area contributed by atoms with Crippen molar-refractivity contribution in [1.29, 1.82) is 0 Å². The van der Waals surface area contributed by atoms with Crippen molar-refractivity contribution in [3.05, 3.63) is 53.6 Å². The number of hydrogen-bond acceptors (Lipinski definition) is 4. The first-order chi connectivity index (χ1) is 12.3. The van der Waals surface area contributed by atoms with Crippen molar-refractivity contribution in [1.82, 2.24) is 4.90 Å². The van der Waals surface area contributed by atoms with Gasteiger partial charge >= 0.3 is 6.18 Å². The van der Waals surface area contributed by atoms with Gasteiger partial charge in [-0.25, -0.2) is 0 Å². The molecular formula is C18H16F3NO4. The summed E-state index contributed by atoms with van der Waals surface area (Å²) in [6, 6.07) is 9.77. The number of rotatable bonds is 5. The summed E-state index contributed by atoms with van der Waals surface area (Å²) in [5.41, 5.74) is 0.0142. The Morgan fingerprint density at radius 2 is 1.92 bits per heavy atom. The Hall–Kier alpha value is -2.90. The molecule has 8 heteroatoms. The monoisotopic (exact) mass is 367 g/mol. The molecule has 0 N–H and O–H groups in total. The summed E-state index contributed by atoms with van der Waals surface area (Å²) in [6.45, 7) is 0.113. The predicted octanol–water partition coefficient (Wildman–Crippen LogP) is 3.47. The summed E-state index contributed by atoms with van der Waals surface area (Å²) in [4.78, 5) is 13.6. The van der Waals surface area contributed by atoms with Crippen LogP contribution in [0.2, 0.25) is 0 Å². The Balaban J connectivity index is 1.56. The van der Waals surface area contributed by atoms with Crippen molar-refractivity contribution in [2.45, 2.75) is 12.7 Å². The van der Waals surface area contributed by atoms with Crippen LogP contribution in [0.1, 0.15) is 11.1 Å². The van der Waals surface area contributed by atoms with Crippen LogP contribution in [-0.4, -0.2) is 31.3 Å². The minimum absolute atomic E-state index is 0.00958. The topological polar surface area (TPSA) is 48.0 Å². The van der Waals surface area contributed by atoms with Crippen LogP contribution in [0.15, 0.2) is 42.5 Å². The average molecular weight is 367 g/mol. The van der Waals surface area contributed by atoms with Gasteiger partial charge in [-0.15, -0.1) is 0 Å². The number of ether oxygens (including phenoxy) is 3. The number of hydrogen-bond donors (Lipinski definition) is 0. The third kappa shape index (κ3) is 4.19. The molecule has 0 bridgehead atoms. The van der Waals surface area contributed by atoms with Gasteiger partial charge in [-0.1, -0.05) is 12.1 Å². The van der Waals surface area contributed by atoms with E-state index in [0.29, 0.717) is 18.0 Å². The van der Waals surface area contributed by atoms with Gasteiger partial charge in [0.1, 0.15) is 5.75 Å². The number of nitrogens with zero attached hydrogens (tertiary/aromatic N) is 1. The number of halogens is 3. The van der Waals surface area contributed by atoms with Crippen LogP contribution < -0.4 is 14.2 Å². The number of likely N-dealkylation sites (N-methyl/N-ethyl adjacent to an activating group) is 1. The van der Waals surface area contributed by atoms with E-state index in [9.17, 15) is 18.0 Å². The van der Waals surface area contributed by atoms with E-state index in [4.69, 9.17) is 14.2 Å². The summed E-state index contributed by atoms with van der Waals surface area (Å²) >= 11 is 0. The zero-order valence-electron chi connectivity index (χ0n) is 13.9. The molecule has 1 amide bonds. The number of fused-ring (bicyclic) bond motifs is 1. The van der Waals surface area contributed by atoms with E-state index in [1.807, 2.05) is 6.07 Å². The molecular weight excluding hydrogens is 351 g/mol. The molecule has 26 heavy (non-hydrogen) atoms. The molecule has 0 atom stereocenters. The third-order valence-electron chi connectivity index (χ3n) is 3.81. The average Bonchev–Trinajstić information content (AvgIpc) is 3.07. The van der Waals surface area contributed by atoms with Crippen molar-refractivity contribution in [2.75, 3.05) is 20.4 Å². The molecule has 0 fully saturated rings. The molecule has 0 unspecified atom stereocenters. The first-order valence-electron chi connectivity index (χ1n) is 7.75. The SMILES string of the molecule is CN(Cc1ccc2c(c1)OCO2)C(=O)COc1cccc(C(F)(F)F)c1. The highest BCUT2D eigenvalue weighted by atomic mass is 19.4. The lowest BCUT2D eigenvalue weighted by molar-refractivity contribution is -0.137. The van der Waals surface area contributed by atoms with Crippen LogP contribution in [0.5, 0.6) is 17.2 Å². The van der Waals surface area contributed by atoms with E-state index in [-0.39, 0.29) is 25.1 Å². The molecule has 1 heterocycles. The second kappa shape index (κ2) is 7.15. The van der Waals surface area contributed by atoms with Gasteiger partial charge < -0.3 is 19.1 Å². The van der Waals surface area contributed by atoms with E-state index in [1.165, 1.54) is 17.0 Å². The number of amides is 1. The van der Waals surface area contributed by atoms with Crippen molar-refractivity contribution >= 4 is 5.91 Å². The van der Waals surface area contributed by atoms with E-state index < -0.39 is 11.7 Å². The van der Waals surface area contributed by atoms with E-state index in [0.717, 1.165) is 17.7 Å². The summed E-state index contributed by atoms with van der Waals surface area (Å²) in [5, 5.41) is 0. The number of alkyl halides is 3. The Morgan fingerprint density at radius 1 is 1.15 bits per heavy atom. The second-order valence-corrected chi connectivity index (χ2v) is 5.75. The van der Waals surface area contributed by atoms with Gasteiger partial charge in [0.15, 0.2) is 18.1 Å². The summed E-state index contributed by atoms with van der Waals surface area (Å²) in [5.74, 6) is 0.893. The molecule has 0 saturated carbocycles. The Bertz CT molecular complexity index is 807. The molecule has 0 saturated heterocycles. The van der Waals surface area contributed by atoms with Gasteiger partial charge in [0.25, 0.3) is 5.91 Å². The van der Waals surface area contributed by atoms with Gasteiger partial charge in [-0.2, -0.15) is 13.2 Å². The van der Waals surface area contributed by atoms with E-state index >= 15 is 0 Å². The Labute approximate surface area is 147 Å². The van der Waals surface area contributed by atoms with Gasteiger partial charge in [0.2, 0.25) is 6.79 Å². The molecule has 5 nitrogen and oxygen atoms in total. The standard InChI is InChI=1S/C18H16F3NO4/c1-22(9-12-5-6-15-16(7-12)26-11-25-15)17(23)10-24-14-4-2-3-13(8-14)18(19,20)21/h2-8H,9-11H2,1H3. The highest BCUT2D eigenvalue weighted by molar-refractivity contribution is 5.77. The number of carbonyl (C=O) groups excluding carboxylic acids is 1. The lowest BCUT2D eigenvalue weighted by Crippen LogP contribution is -2.31. The maximum absolute atomic E-state index is 12.7. The Morgan fingerprint density at radius 3 is 2.69 bits per heavy atom. The molecule has 2 aromatic rings. The second-order valence-electron chi connectivity index (χ2n) is 5.75. The predicted molar refractivity (Wildman–Crippen MR) is 86.0 cm³/mol. The third-order valence-corrected chi connectivity index (χ3v) is 3.81. The maximum atomic E-state index is 12.7. The van der Waals surface area contributed by atoms with Crippen LogP contribution in [0.4, 0.5) is 13.2 Å². The fraction of sp³-hybridized carbons (Fsp3) is 0.278. The maximum Gasteiger partial charge on any atom is 0.416 e. The molecule has 0 radical (unpaired) electrons. The summed E-state index contributed by atoms with van der Waals surface area (Å²) in [6.07, 6.45) is -4.46. The molecule has 0 aliphatic carbocycles. The van der Waals surface area contributed by atoms with Crippen LogP contribution in [-0.2, 0) is 17.5 Å². The quantitative estimate of drug-likeness (QED) is 0.812. The molecule has 0 spiro atoms. The lowest BCUT2D eigenvalue weighted by atomic mass is 10.2. The zero-order chi connectivity index (χ0) is 18.7.